The van der Waals surface area contributed by atoms with E-state index in [0.717, 1.165) is 13.1 Å². The second-order valence-corrected chi connectivity index (χ2v) is 9.82. The van der Waals surface area contributed by atoms with Gasteiger partial charge in [-0.25, -0.2) is 14.8 Å². The Morgan fingerprint density at radius 3 is 2.50 bits per heavy atom. The predicted octanol–water partition coefficient (Wildman–Crippen LogP) is 2.24. The topological polar surface area (TPSA) is 158 Å². The molecular formula is C26H31N7O6S. The molecule has 4 N–H and O–H groups in total. The lowest BCUT2D eigenvalue weighted by molar-refractivity contribution is -0.132. The third kappa shape index (κ3) is 9.18. The van der Waals surface area contributed by atoms with E-state index in [9.17, 15) is 19.5 Å². The van der Waals surface area contributed by atoms with Crippen LogP contribution < -0.4 is 20.7 Å². The first-order chi connectivity index (χ1) is 19.3. The summed E-state index contributed by atoms with van der Waals surface area (Å²) in [5, 5.41) is 19.4. The SMILES string of the molecule is CN1CCN(C(=O)Cc2csc(NC(=O)Nc3ccc(OCCOCC(=O)Nc4ccc(O)cn4)cc3)n2)CC1. The molecule has 1 aliphatic rings. The number of hydrogen-bond donors (Lipinski definition) is 4. The molecule has 14 heteroatoms. The molecule has 0 atom stereocenters. The number of aromatic hydroxyl groups is 1. The van der Waals surface area contributed by atoms with E-state index < -0.39 is 6.03 Å². The van der Waals surface area contributed by atoms with E-state index in [0.29, 0.717) is 41.2 Å². The van der Waals surface area contributed by atoms with Gasteiger partial charge in [-0.15, -0.1) is 11.3 Å². The third-order valence-corrected chi connectivity index (χ3v) is 6.62. The Balaban J connectivity index is 1.11. The Hall–Kier alpha value is -4.27. The minimum atomic E-state index is -0.450. The zero-order chi connectivity index (χ0) is 28.3. The van der Waals surface area contributed by atoms with Gasteiger partial charge in [0.1, 0.15) is 30.5 Å². The van der Waals surface area contributed by atoms with Gasteiger partial charge in [-0.05, 0) is 43.4 Å². The number of benzene rings is 1. The van der Waals surface area contributed by atoms with Crippen molar-refractivity contribution in [1.29, 1.82) is 0 Å². The van der Waals surface area contributed by atoms with Crippen molar-refractivity contribution < 1.29 is 29.0 Å². The molecule has 2 aromatic heterocycles. The molecule has 13 nitrogen and oxygen atoms in total. The number of rotatable bonds is 11. The molecule has 4 rings (SSSR count). The van der Waals surface area contributed by atoms with E-state index in [1.807, 2.05) is 11.9 Å². The highest BCUT2D eigenvalue weighted by Gasteiger charge is 2.20. The molecule has 1 fully saturated rings. The lowest BCUT2D eigenvalue weighted by atomic mass is 10.2. The monoisotopic (exact) mass is 569 g/mol. The largest absolute Gasteiger partial charge is 0.506 e. The maximum atomic E-state index is 12.5. The van der Waals surface area contributed by atoms with Crippen LogP contribution in [0.25, 0.3) is 0 Å². The number of ether oxygens (including phenoxy) is 2. The molecule has 0 bridgehead atoms. The number of carbonyl (C=O) groups is 3. The molecule has 3 heterocycles. The maximum Gasteiger partial charge on any atom is 0.325 e. The predicted molar refractivity (Wildman–Crippen MR) is 150 cm³/mol. The van der Waals surface area contributed by atoms with Crippen LogP contribution in [0.1, 0.15) is 5.69 Å². The molecule has 3 aromatic rings. The van der Waals surface area contributed by atoms with Crippen molar-refractivity contribution in [3.8, 4) is 11.5 Å². The van der Waals surface area contributed by atoms with Crippen molar-refractivity contribution in [3.05, 3.63) is 53.7 Å². The van der Waals surface area contributed by atoms with Gasteiger partial charge < -0.3 is 35.0 Å². The highest BCUT2D eigenvalue weighted by molar-refractivity contribution is 7.14. The van der Waals surface area contributed by atoms with Crippen molar-refractivity contribution in [1.82, 2.24) is 19.8 Å². The summed E-state index contributed by atoms with van der Waals surface area (Å²) >= 11 is 1.26. The van der Waals surface area contributed by atoms with Gasteiger partial charge in [0, 0.05) is 37.2 Å². The number of aromatic nitrogens is 2. The van der Waals surface area contributed by atoms with Crippen molar-refractivity contribution in [2.75, 3.05) is 69.0 Å². The molecule has 4 amide bonds. The molecule has 1 saturated heterocycles. The fourth-order valence-corrected chi connectivity index (χ4v) is 4.39. The Labute approximate surface area is 235 Å². The summed E-state index contributed by atoms with van der Waals surface area (Å²) in [4.78, 5) is 49.0. The van der Waals surface area contributed by atoms with Crippen LogP contribution in [-0.4, -0.2) is 95.8 Å². The van der Waals surface area contributed by atoms with Crippen LogP contribution >= 0.6 is 11.3 Å². The average Bonchev–Trinajstić information content (AvgIpc) is 3.37. The summed E-state index contributed by atoms with van der Waals surface area (Å²) in [5.74, 6) is 0.559. The van der Waals surface area contributed by atoms with E-state index >= 15 is 0 Å². The van der Waals surface area contributed by atoms with Crippen LogP contribution in [-0.2, 0) is 20.7 Å². The normalized spacial score (nSPS) is 13.5. The lowest BCUT2D eigenvalue weighted by Crippen LogP contribution is -2.47. The van der Waals surface area contributed by atoms with E-state index in [2.05, 4.69) is 30.8 Å². The third-order valence-electron chi connectivity index (χ3n) is 5.82. The number of thiazole rings is 1. The van der Waals surface area contributed by atoms with Gasteiger partial charge in [0.05, 0.1) is 24.9 Å². The fourth-order valence-electron chi connectivity index (χ4n) is 3.68. The fraction of sp³-hybridized carbons (Fsp3) is 0.346. The smallest absolute Gasteiger partial charge is 0.325 e. The Kier molecular flexibility index (Phi) is 10.2. The van der Waals surface area contributed by atoms with Gasteiger partial charge in [0.2, 0.25) is 5.91 Å². The Morgan fingerprint density at radius 2 is 1.77 bits per heavy atom. The first kappa shape index (κ1) is 28.7. The van der Waals surface area contributed by atoms with Crippen LogP contribution in [0.2, 0.25) is 0 Å². The maximum absolute atomic E-state index is 12.5. The summed E-state index contributed by atoms with van der Waals surface area (Å²) in [6.45, 7) is 3.39. The average molecular weight is 570 g/mol. The van der Waals surface area contributed by atoms with Gasteiger partial charge >= 0.3 is 6.03 Å². The molecule has 0 unspecified atom stereocenters. The molecule has 212 valence electrons. The number of hydrogen-bond acceptors (Lipinski definition) is 10. The van der Waals surface area contributed by atoms with Gasteiger partial charge in [0.15, 0.2) is 5.13 Å². The van der Waals surface area contributed by atoms with Gasteiger partial charge in [-0.3, -0.25) is 14.9 Å². The molecule has 0 saturated carbocycles. The van der Waals surface area contributed by atoms with Crippen LogP contribution in [0.5, 0.6) is 11.5 Å². The number of carbonyl (C=O) groups excluding carboxylic acids is 3. The Morgan fingerprint density at radius 1 is 1.00 bits per heavy atom. The highest BCUT2D eigenvalue weighted by Crippen LogP contribution is 2.19. The molecule has 1 aliphatic heterocycles. The van der Waals surface area contributed by atoms with E-state index in [1.54, 1.807) is 29.6 Å². The van der Waals surface area contributed by atoms with E-state index in [1.165, 1.54) is 29.7 Å². The highest BCUT2D eigenvalue weighted by atomic mass is 32.1. The molecule has 0 radical (unpaired) electrons. The van der Waals surface area contributed by atoms with Gasteiger partial charge in [0.25, 0.3) is 5.91 Å². The summed E-state index contributed by atoms with van der Waals surface area (Å²) in [5.41, 5.74) is 1.19. The van der Waals surface area contributed by atoms with Crippen molar-refractivity contribution in [3.63, 3.8) is 0 Å². The van der Waals surface area contributed by atoms with Gasteiger partial charge in [-0.1, -0.05) is 0 Å². The molecule has 0 aliphatic carbocycles. The lowest BCUT2D eigenvalue weighted by Gasteiger charge is -2.32. The summed E-state index contributed by atoms with van der Waals surface area (Å²) < 4.78 is 10.9. The summed E-state index contributed by atoms with van der Waals surface area (Å²) in [6.07, 6.45) is 1.44. The number of nitrogens with one attached hydrogen (secondary N) is 3. The number of pyridine rings is 1. The minimum absolute atomic E-state index is 0.00914. The zero-order valence-corrected chi connectivity index (χ0v) is 22.8. The summed E-state index contributed by atoms with van der Waals surface area (Å²) in [7, 11) is 2.04. The Bertz CT molecular complexity index is 1280. The second-order valence-electron chi connectivity index (χ2n) is 8.96. The van der Waals surface area contributed by atoms with Crippen LogP contribution in [0.15, 0.2) is 48.0 Å². The van der Waals surface area contributed by atoms with Crippen LogP contribution in [0, 0.1) is 0 Å². The molecule has 1 aromatic carbocycles. The first-order valence-electron chi connectivity index (χ1n) is 12.6. The number of piperazine rings is 1. The van der Waals surface area contributed by atoms with Crippen molar-refractivity contribution in [2.24, 2.45) is 0 Å². The standard InChI is InChI=1S/C26H31N7O6S/c1-32-8-10-33(11-9-32)24(36)14-19-17-40-26(29-19)31-25(37)28-18-2-5-21(6-3-18)39-13-12-38-16-23(35)30-22-7-4-20(34)15-27-22/h2-7,15,17,34H,8-14,16H2,1H3,(H,27,30,35)(H2,28,29,31,37). The number of nitrogens with zero attached hydrogens (tertiary/aromatic N) is 4. The quantitative estimate of drug-likeness (QED) is 0.254. The molecule has 40 heavy (non-hydrogen) atoms. The minimum Gasteiger partial charge on any atom is -0.506 e. The zero-order valence-electron chi connectivity index (χ0n) is 22.0. The van der Waals surface area contributed by atoms with E-state index in [4.69, 9.17) is 9.47 Å². The summed E-state index contributed by atoms with van der Waals surface area (Å²) in [6, 6.07) is 9.23. The van der Waals surface area contributed by atoms with E-state index in [-0.39, 0.29) is 43.8 Å². The van der Waals surface area contributed by atoms with Crippen molar-refractivity contribution >= 4 is 45.8 Å². The first-order valence-corrected chi connectivity index (χ1v) is 13.5. The molecule has 0 spiro atoms. The van der Waals surface area contributed by atoms with Crippen LogP contribution in [0.3, 0.4) is 0 Å². The number of likely N-dealkylation sites (N-methyl/N-ethyl adjacent to an activating group) is 1. The number of amides is 4. The number of anilines is 3. The van der Waals surface area contributed by atoms with Crippen LogP contribution in [0.4, 0.5) is 21.4 Å². The van der Waals surface area contributed by atoms with Crippen molar-refractivity contribution in [2.45, 2.75) is 6.42 Å². The molecular weight excluding hydrogens is 538 g/mol. The van der Waals surface area contributed by atoms with Gasteiger partial charge in [-0.2, -0.15) is 0 Å². The number of urea groups is 1. The second kappa shape index (κ2) is 14.2.